The van der Waals surface area contributed by atoms with E-state index < -0.39 is 28.7 Å². The summed E-state index contributed by atoms with van der Waals surface area (Å²) in [6, 6.07) is 4.39. The second kappa shape index (κ2) is 7.60. The van der Waals surface area contributed by atoms with Gasteiger partial charge in [-0.1, -0.05) is 17.7 Å². The highest BCUT2D eigenvalue weighted by molar-refractivity contribution is 6.34. The number of hydrogen-bond donors (Lipinski definition) is 2. The Morgan fingerprint density at radius 2 is 2.03 bits per heavy atom. The van der Waals surface area contributed by atoms with E-state index in [4.69, 9.17) is 23.2 Å². The summed E-state index contributed by atoms with van der Waals surface area (Å²) in [5.74, 6) is 5.99. The summed E-state index contributed by atoms with van der Waals surface area (Å²) in [5, 5.41) is 4.94. The van der Waals surface area contributed by atoms with Crippen LogP contribution in [-0.4, -0.2) is 33.2 Å². The number of benzene rings is 1. The van der Waals surface area contributed by atoms with E-state index in [1.165, 1.54) is 16.0 Å². The van der Waals surface area contributed by atoms with Gasteiger partial charge in [0, 0.05) is 32.3 Å². The largest absolute Gasteiger partial charge is 0.417 e. The number of hydrazine groups is 1. The zero-order valence-electron chi connectivity index (χ0n) is 15.7. The maximum atomic E-state index is 13.1. The molecule has 11 heteroatoms. The molecule has 0 aliphatic carbocycles. The second-order valence-corrected chi connectivity index (χ2v) is 7.09. The van der Waals surface area contributed by atoms with Crippen LogP contribution in [0.2, 0.25) is 5.02 Å². The molecule has 0 radical (unpaired) electrons. The molecule has 1 atom stereocenters. The quantitative estimate of drug-likeness (QED) is 0.579. The number of rotatable bonds is 3. The number of hydrogen-bond acceptors (Lipinski definition) is 5. The van der Waals surface area contributed by atoms with Crippen molar-refractivity contribution in [3.8, 4) is 0 Å². The third-order valence-electron chi connectivity index (χ3n) is 4.87. The van der Waals surface area contributed by atoms with Crippen LogP contribution in [0.4, 0.5) is 19.0 Å². The number of aryl methyl sites for hydroxylation is 1. The molecule has 0 saturated carbocycles. The Bertz CT molecular complexity index is 971. The van der Waals surface area contributed by atoms with E-state index in [1.807, 2.05) is 0 Å². The van der Waals surface area contributed by atoms with Crippen LogP contribution in [0.1, 0.15) is 29.3 Å². The molecule has 2 aromatic rings. The molecule has 0 bridgehead atoms. The summed E-state index contributed by atoms with van der Waals surface area (Å²) in [5.41, 5.74) is 5.88. The summed E-state index contributed by atoms with van der Waals surface area (Å²) in [6.07, 6.45) is -2.62. The molecule has 1 amide bonds. The molecule has 0 saturated heterocycles. The van der Waals surface area contributed by atoms with Crippen molar-refractivity contribution in [2.24, 2.45) is 18.6 Å². The van der Waals surface area contributed by atoms with Crippen molar-refractivity contribution in [2.75, 3.05) is 11.6 Å². The lowest BCUT2D eigenvalue weighted by molar-refractivity contribution is -0.137. The molecule has 3 rings (SSSR count). The van der Waals surface area contributed by atoms with Crippen LogP contribution in [-0.2, 0) is 13.2 Å². The van der Waals surface area contributed by atoms with Gasteiger partial charge in [-0.15, -0.1) is 0 Å². The third kappa shape index (κ3) is 3.90. The summed E-state index contributed by atoms with van der Waals surface area (Å²) >= 11 is 5.90. The van der Waals surface area contributed by atoms with Gasteiger partial charge in [-0.05, 0) is 19.1 Å². The van der Waals surface area contributed by atoms with E-state index in [1.54, 1.807) is 30.9 Å². The average Bonchev–Trinajstić information content (AvgIpc) is 3.08. The fraction of sp³-hybridized carbons (Fsp3) is 0.333. The topological polar surface area (TPSA) is 93.4 Å². The molecule has 1 aliphatic heterocycles. The number of halogens is 4. The number of carbonyl (C=O) groups is 1. The minimum Gasteiger partial charge on any atom is -0.399 e. The Balaban J connectivity index is 1.89. The van der Waals surface area contributed by atoms with Gasteiger partial charge in [0.15, 0.2) is 5.82 Å². The Labute approximate surface area is 170 Å². The predicted molar refractivity (Wildman–Crippen MR) is 103 cm³/mol. The van der Waals surface area contributed by atoms with Gasteiger partial charge in [0.2, 0.25) is 0 Å². The molecule has 156 valence electrons. The first-order chi connectivity index (χ1) is 13.5. The maximum Gasteiger partial charge on any atom is 0.417 e. The van der Waals surface area contributed by atoms with Gasteiger partial charge in [-0.25, -0.2) is 5.84 Å². The number of alkyl halides is 3. The van der Waals surface area contributed by atoms with Gasteiger partial charge < -0.3 is 10.6 Å². The number of amides is 1. The van der Waals surface area contributed by atoms with Crippen LogP contribution in [0.25, 0.3) is 0 Å². The number of nitrogens with two attached hydrogens (primary N) is 2. The van der Waals surface area contributed by atoms with E-state index in [2.05, 4.69) is 5.10 Å². The van der Waals surface area contributed by atoms with Gasteiger partial charge >= 0.3 is 6.18 Å². The first-order valence-electron chi connectivity index (χ1n) is 8.72. The number of aromatic nitrogens is 2. The van der Waals surface area contributed by atoms with E-state index >= 15 is 0 Å². The van der Waals surface area contributed by atoms with Crippen LogP contribution in [0, 0.1) is 0 Å². The van der Waals surface area contributed by atoms with Gasteiger partial charge in [0.1, 0.15) is 0 Å². The Kier molecular flexibility index (Phi) is 5.50. The standard InChI is InChI=1S/C18H20ClF3N6O/c1-10-16(23)13(28(24)14-7-8-26(2)25-14)6-9-27(10)17(29)11-4-3-5-12(15(11)19)18(20,21)22/h3-5,7-8,10H,6,9,23-24H2,1-2H3. The molecule has 0 spiro atoms. The normalized spacial score (nSPS) is 17.6. The van der Waals surface area contributed by atoms with Gasteiger partial charge in [0.05, 0.1) is 33.6 Å². The molecule has 1 aromatic heterocycles. The Morgan fingerprint density at radius 3 is 2.62 bits per heavy atom. The highest BCUT2D eigenvalue weighted by Gasteiger charge is 2.37. The summed E-state index contributed by atoms with van der Waals surface area (Å²) in [7, 11) is 1.75. The van der Waals surface area contributed by atoms with E-state index in [9.17, 15) is 18.0 Å². The molecule has 1 unspecified atom stereocenters. The summed E-state index contributed by atoms with van der Waals surface area (Å²) in [6.45, 7) is 1.89. The van der Waals surface area contributed by atoms with Crippen molar-refractivity contribution in [3.05, 3.63) is 58.0 Å². The van der Waals surface area contributed by atoms with Crippen molar-refractivity contribution < 1.29 is 18.0 Å². The number of nitrogens with zero attached hydrogens (tertiary/aromatic N) is 4. The first-order valence-corrected chi connectivity index (χ1v) is 9.09. The van der Waals surface area contributed by atoms with E-state index in [0.29, 0.717) is 23.6 Å². The minimum absolute atomic E-state index is 0.211. The minimum atomic E-state index is -4.66. The summed E-state index contributed by atoms with van der Waals surface area (Å²) < 4.78 is 40.9. The zero-order chi connectivity index (χ0) is 21.5. The van der Waals surface area contributed by atoms with Gasteiger partial charge in [-0.2, -0.15) is 18.3 Å². The van der Waals surface area contributed by atoms with Crippen molar-refractivity contribution >= 4 is 23.3 Å². The SMILES string of the molecule is CC1C(N)=C(N(N)c2ccn(C)n2)CCN1C(=O)c1cccc(C(F)(F)F)c1Cl. The van der Waals surface area contributed by atoms with Crippen molar-refractivity contribution in [3.63, 3.8) is 0 Å². The maximum absolute atomic E-state index is 13.1. The molecule has 1 aromatic carbocycles. The van der Waals surface area contributed by atoms with Crippen LogP contribution in [0.3, 0.4) is 0 Å². The molecular formula is C18H20ClF3N6O. The highest BCUT2D eigenvalue weighted by atomic mass is 35.5. The average molecular weight is 429 g/mol. The third-order valence-corrected chi connectivity index (χ3v) is 5.28. The lowest BCUT2D eigenvalue weighted by Crippen LogP contribution is -2.49. The number of carbonyl (C=O) groups excluding carboxylic acids is 1. The van der Waals surface area contributed by atoms with Crippen molar-refractivity contribution in [1.29, 1.82) is 0 Å². The molecule has 29 heavy (non-hydrogen) atoms. The molecule has 4 N–H and O–H groups in total. The smallest absolute Gasteiger partial charge is 0.399 e. The molecule has 0 fully saturated rings. The molecule has 2 heterocycles. The fourth-order valence-electron chi connectivity index (χ4n) is 3.25. The Hall–Kier alpha value is -2.72. The van der Waals surface area contributed by atoms with E-state index in [-0.39, 0.29) is 12.1 Å². The molecule has 7 nitrogen and oxygen atoms in total. The highest BCUT2D eigenvalue weighted by Crippen LogP contribution is 2.37. The van der Waals surface area contributed by atoms with Crippen molar-refractivity contribution in [2.45, 2.75) is 25.6 Å². The first kappa shape index (κ1) is 21.0. The lowest BCUT2D eigenvalue weighted by atomic mass is 10.0. The molecular weight excluding hydrogens is 409 g/mol. The van der Waals surface area contributed by atoms with Crippen LogP contribution in [0.5, 0.6) is 0 Å². The zero-order valence-corrected chi connectivity index (χ0v) is 16.5. The van der Waals surface area contributed by atoms with Crippen LogP contribution >= 0.6 is 11.6 Å². The monoisotopic (exact) mass is 428 g/mol. The van der Waals surface area contributed by atoms with E-state index in [0.717, 1.165) is 12.1 Å². The lowest BCUT2D eigenvalue weighted by Gasteiger charge is -2.37. The van der Waals surface area contributed by atoms with Gasteiger partial charge in [0.25, 0.3) is 5.91 Å². The second-order valence-electron chi connectivity index (χ2n) is 6.71. The number of anilines is 1. The summed E-state index contributed by atoms with van der Waals surface area (Å²) in [4.78, 5) is 14.3. The fourth-order valence-corrected chi connectivity index (χ4v) is 3.56. The van der Waals surface area contributed by atoms with Crippen LogP contribution in [0.15, 0.2) is 41.9 Å². The van der Waals surface area contributed by atoms with Crippen molar-refractivity contribution in [1.82, 2.24) is 14.7 Å². The Morgan fingerprint density at radius 1 is 1.34 bits per heavy atom. The van der Waals surface area contributed by atoms with Gasteiger partial charge in [-0.3, -0.25) is 14.5 Å². The predicted octanol–water partition coefficient (Wildman–Crippen LogP) is 2.88. The van der Waals surface area contributed by atoms with Crippen LogP contribution < -0.4 is 16.6 Å². The molecule has 1 aliphatic rings.